The number of esters is 1. The highest BCUT2D eigenvalue weighted by molar-refractivity contribution is 5.73. The number of aliphatic hydroxyl groups excluding tert-OH is 3. The lowest BCUT2D eigenvalue weighted by molar-refractivity contribution is -0.874. The van der Waals surface area contributed by atoms with Gasteiger partial charge in [-0.3, -0.25) is 4.79 Å². The molecule has 15 nitrogen and oxygen atoms in total. The normalized spacial score (nSPS) is 49.4. The van der Waals surface area contributed by atoms with Crippen LogP contribution in [0.5, 0.6) is 0 Å². The van der Waals surface area contributed by atoms with Gasteiger partial charge in [0.25, 0.3) is 0 Å². The van der Waals surface area contributed by atoms with E-state index in [4.69, 9.17) is 28.4 Å². The smallest absolute Gasteiger partial charge is 0.311 e. The summed E-state index contributed by atoms with van der Waals surface area (Å²) in [5, 5.41) is 74.0. The summed E-state index contributed by atoms with van der Waals surface area (Å²) in [7, 11) is 4.39. The molecule has 0 radical (unpaired) electrons. The molecule has 6 N–H and O–H groups in total. The number of aliphatic hydroxyl groups is 5. The molecule has 0 aromatic rings. The summed E-state index contributed by atoms with van der Waals surface area (Å²) in [6.07, 6.45) is -9.63. The molecule has 3 rings (SSSR count). The summed E-state index contributed by atoms with van der Waals surface area (Å²) in [6.45, 7) is 17.4. The van der Waals surface area contributed by atoms with E-state index in [0.717, 1.165) is 0 Å². The van der Waals surface area contributed by atoms with Crippen molar-refractivity contribution in [3.8, 4) is 0 Å². The van der Waals surface area contributed by atoms with Crippen molar-refractivity contribution in [1.29, 1.82) is 0 Å². The zero-order valence-electron chi connectivity index (χ0n) is 33.6. The number of hydrogen-bond acceptors (Lipinski definition) is 14. The molecular weight excluding hydrogens is 680 g/mol. The van der Waals surface area contributed by atoms with Crippen molar-refractivity contribution >= 4 is 5.97 Å². The minimum Gasteiger partial charge on any atom is -0.633 e. The molecule has 3 saturated heterocycles. The zero-order valence-corrected chi connectivity index (χ0v) is 33.6. The number of methoxy groups -OCH3 is 1. The number of nitrogens with one attached hydrogen (secondary N) is 1. The number of hydrogen-bond donors (Lipinski definition) is 6. The summed E-state index contributed by atoms with van der Waals surface area (Å²) in [4.78, 5) is 14.1. The molecule has 3 fully saturated rings. The Labute approximate surface area is 310 Å². The number of ether oxygens (including phenoxy) is 6. The Morgan fingerprint density at radius 2 is 1.58 bits per heavy atom. The van der Waals surface area contributed by atoms with Crippen LogP contribution in [-0.2, 0) is 33.2 Å². The number of carbonyl (C=O) groups is 1. The van der Waals surface area contributed by atoms with E-state index in [2.05, 4.69) is 5.32 Å². The first-order valence-electron chi connectivity index (χ1n) is 18.9. The van der Waals surface area contributed by atoms with E-state index in [-0.39, 0.29) is 25.2 Å². The number of hydroxylamine groups is 3. The van der Waals surface area contributed by atoms with Crippen molar-refractivity contribution in [3.05, 3.63) is 5.21 Å². The second kappa shape index (κ2) is 17.4. The third-order valence-corrected chi connectivity index (χ3v) is 11.9. The fraction of sp³-hybridized carbons (Fsp3) is 0.973. The highest BCUT2D eigenvalue weighted by Gasteiger charge is 2.53. The Balaban J connectivity index is 2.16. The van der Waals surface area contributed by atoms with Crippen LogP contribution in [0.25, 0.3) is 0 Å². The Morgan fingerprint density at radius 1 is 0.962 bits per heavy atom. The lowest BCUT2D eigenvalue weighted by Gasteiger charge is -2.51. The van der Waals surface area contributed by atoms with Crippen molar-refractivity contribution in [2.75, 3.05) is 27.7 Å². The van der Waals surface area contributed by atoms with Crippen molar-refractivity contribution in [2.45, 2.75) is 185 Å². The van der Waals surface area contributed by atoms with Gasteiger partial charge in [-0.15, -0.1) is 0 Å². The largest absolute Gasteiger partial charge is 0.633 e. The van der Waals surface area contributed by atoms with Gasteiger partial charge in [-0.25, -0.2) is 0 Å². The fourth-order valence-corrected chi connectivity index (χ4v) is 8.47. The van der Waals surface area contributed by atoms with Gasteiger partial charge >= 0.3 is 5.97 Å². The fourth-order valence-electron chi connectivity index (χ4n) is 8.47. The molecule has 18 atom stereocenters. The van der Waals surface area contributed by atoms with Crippen LogP contribution in [-0.4, -0.2) is 154 Å². The minimum atomic E-state index is -1.83. The molecule has 15 heteroatoms. The quantitative estimate of drug-likeness (QED) is 0.124. The van der Waals surface area contributed by atoms with Gasteiger partial charge in [0.2, 0.25) is 0 Å². The van der Waals surface area contributed by atoms with Crippen molar-refractivity contribution < 1.29 is 63.4 Å². The molecule has 52 heavy (non-hydrogen) atoms. The summed E-state index contributed by atoms with van der Waals surface area (Å²) in [5.74, 6) is -2.82. The van der Waals surface area contributed by atoms with Gasteiger partial charge in [0.05, 0.1) is 55.6 Å². The lowest BCUT2D eigenvalue weighted by Crippen LogP contribution is -2.62. The summed E-state index contributed by atoms with van der Waals surface area (Å²) >= 11 is 0. The van der Waals surface area contributed by atoms with Crippen LogP contribution in [0.1, 0.15) is 94.9 Å². The Hall–Kier alpha value is -1.05. The molecule has 0 aliphatic carbocycles. The van der Waals surface area contributed by atoms with Crippen molar-refractivity contribution in [3.63, 3.8) is 0 Å². The number of quaternary nitrogens is 1. The predicted molar refractivity (Wildman–Crippen MR) is 191 cm³/mol. The number of likely N-dealkylation sites (N-methyl/N-ethyl adjacent to an activating group) is 1. The summed E-state index contributed by atoms with van der Waals surface area (Å²) < 4.78 is 36.4. The third kappa shape index (κ3) is 10.2. The molecule has 306 valence electrons. The predicted octanol–water partition coefficient (Wildman–Crippen LogP) is 1.57. The molecule has 3 heterocycles. The first kappa shape index (κ1) is 45.3. The third-order valence-electron chi connectivity index (χ3n) is 11.9. The van der Waals surface area contributed by atoms with E-state index in [1.807, 2.05) is 6.92 Å². The van der Waals surface area contributed by atoms with Crippen LogP contribution >= 0.6 is 0 Å². The molecular formula is C37H70N2O13. The van der Waals surface area contributed by atoms with Crippen molar-refractivity contribution in [1.82, 2.24) is 5.32 Å². The maximum Gasteiger partial charge on any atom is 0.311 e. The van der Waals surface area contributed by atoms with Gasteiger partial charge in [0.15, 0.2) is 18.7 Å². The summed E-state index contributed by atoms with van der Waals surface area (Å²) in [5.41, 5.74) is -4.51. The van der Waals surface area contributed by atoms with Gasteiger partial charge in [-0.05, 0) is 73.8 Å². The second-order valence-corrected chi connectivity index (χ2v) is 17.2. The molecule has 0 spiro atoms. The van der Waals surface area contributed by atoms with Crippen molar-refractivity contribution in [2.24, 2.45) is 17.8 Å². The highest BCUT2D eigenvalue weighted by atomic mass is 16.7. The topological polar surface area (TPSA) is 209 Å². The summed E-state index contributed by atoms with van der Waals surface area (Å²) in [6, 6.07) is -1.39. The first-order valence-corrected chi connectivity index (χ1v) is 18.9. The molecule has 0 saturated carbocycles. The van der Waals surface area contributed by atoms with Crippen LogP contribution in [0.2, 0.25) is 0 Å². The molecule has 0 unspecified atom stereocenters. The molecule has 0 aromatic carbocycles. The Bertz CT molecular complexity index is 1150. The van der Waals surface area contributed by atoms with E-state index < -0.39 is 113 Å². The number of cyclic esters (lactones) is 1. The maximum atomic E-state index is 14.1. The SMILES string of the molecule is CC[C@H]1OC(=O)[C@H](C)[C@@H](O[C@H]2C[C@@](C)(OC)[C@@H](O)[C@H](C)O2)[C@H](C)[C@@H](O[C@@H]2O[C@H](C)C[C@H]([N+](C)(C)[O-])[C@H]2O)[C@](C)(O)C[C@@H](C)CN[C@H](C)[C@@H](O)[C@]1(C)O. The molecule has 3 aliphatic heterocycles. The van der Waals surface area contributed by atoms with Gasteiger partial charge < -0.3 is 69.1 Å². The second-order valence-electron chi connectivity index (χ2n) is 17.2. The van der Waals surface area contributed by atoms with E-state index in [1.54, 1.807) is 55.4 Å². The van der Waals surface area contributed by atoms with E-state index in [9.17, 15) is 35.5 Å². The number of carbonyl (C=O) groups excluding carboxylic acids is 1. The first-order chi connectivity index (χ1) is 23.8. The monoisotopic (exact) mass is 750 g/mol. The standard InChI is InChI=1S/C37H70N2O13/c1-14-26-37(10,45)30(41)23(6)38-18-19(2)16-35(8,44)32(52-34-28(40)25(39(11,12)46)15-20(3)48-34)21(4)29(22(5)33(43)50-26)51-27-17-36(9,47-13)31(42)24(7)49-27/h19-32,34,38,40-42,44-45H,14-18H2,1-13H3/t19-,20-,21+,22-,23-,24+,25+,26-,27+,28-,29+,30-,31+,32-,34+,35-,36-,37-/m1/s1. The van der Waals surface area contributed by atoms with Gasteiger partial charge in [0, 0.05) is 31.9 Å². The Morgan fingerprint density at radius 3 is 2.13 bits per heavy atom. The van der Waals surface area contributed by atoms with Crippen LogP contribution in [0.3, 0.4) is 0 Å². The molecule has 0 amide bonds. The van der Waals surface area contributed by atoms with Crippen LogP contribution in [0, 0.1) is 23.0 Å². The van der Waals surface area contributed by atoms with Gasteiger partial charge in [0.1, 0.15) is 30.0 Å². The number of rotatable bonds is 7. The van der Waals surface area contributed by atoms with Gasteiger partial charge in [-0.2, -0.15) is 0 Å². The highest BCUT2D eigenvalue weighted by Crippen LogP contribution is 2.40. The van der Waals surface area contributed by atoms with E-state index in [1.165, 1.54) is 28.1 Å². The lowest BCUT2D eigenvalue weighted by atomic mass is 9.77. The minimum absolute atomic E-state index is 0.0983. The van der Waals surface area contributed by atoms with E-state index >= 15 is 0 Å². The zero-order chi connectivity index (χ0) is 39.7. The van der Waals surface area contributed by atoms with Crippen LogP contribution < -0.4 is 5.32 Å². The molecule has 0 bridgehead atoms. The van der Waals surface area contributed by atoms with Crippen LogP contribution in [0.15, 0.2) is 0 Å². The Kier molecular flexibility index (Phi) is 15.2. The maximum absolute atomic E-state index is 14.1. The average molecular weight is 751 g/mol. The van der Waals surface area contributed by atoms with E-state index in [0.29, 0.717) is 13.0 Å². The van der Waals surface area contributed by atoms with Crippen LogP contribution in [0.4, 0.5) is 0 Å². The molecule has 3 aliphatic rings. The average Bonchev–Trinajstić information content (AvgIpc) is 3.05. The number of nitrogens with zero attached hydrogens (tertiary/aromatic N) is 1. The molecule has 0 aromatic heterocycles. The van der Waals surface area contributed by atoms with Gasteiger partial charge in [-0.1, -0.05) is 20.8 Å².